The number of ketones is 1. The number of fused-ring (bicyclic) bond motifs is 1. The van der Waals surface area contributed by atoms with Gasteiger partial charge in [0, 0.05) is 25.9 Å². The maximum atomic E-state index is 12.0. The summed E-state index contributed by atoms with van der Waals surface area (Å²) in [5.74, 6) is -0.666. The number of hydrogen-bond donors (Lipinski definition) is 0. The third kappa shape index (κ3) is 4.58. The number of hydrogen-bond acceptors (Lipinski definition) is 4. The SMILES string of the molecule is O=C(CSc1cccc2cccc(Cl)c12)OCC(=O)c1cccc(Cl)c1. The molecule has 0 saturated heterocycles. The molecule has 0 spiro atoms. The Kier molecular flexibility index (Phi) is 6.20. The molecule has 26 heavy (non-hydrogen) atoms. The van der Waals surface area contributed by atoms with Gasteiger partial charge in [0.25, 0.3) is 0 Å². The van der Waals surface area contributed by atoms with Gasteiger partial charge in [-0.15, -0.1) is 11.8 Å². The molecule has 0 aliphatic rings. The van der Waals surface area contributed by atoms with E-state index < -0.39 is 5.97 Å². The number of benzene rings is 3. The van der Waals surface area contributed by atoms with Crippen molar-refractivity contribution in [1.29, 1.82) is 0 Å². The van der Waals surface area contributed by atoms with E-state index in [1.807, 2.05) is 36.4 Å². The van der Waals surface area contributed by atoms with Gasteiger partial charge in [0.2, 0.25) is 0 Å². The summed E-state index contributed by atoms with van der Waals surface area (Å²) in [6.45, 7) is -0.309. The van der Waals surface area contributed by atoms with E-state index in [1.165, 1.54) is 11.8 Å². The van der Waals surface area contributed by atoms with E-state index in [0.717, 1.165) is 15.7 Å². The highest BCUT2D eigenvalue weighted by atomic mass is 35.5. The Morgan fingerprint density at radius 2 is 1.69 bits per heavy atom. The summed E-state index contributed by atoms with van der Waals surface area (Å²) in [4.78, 5) is 24.9. The molecule has 0 saturated carbocycles. The molecule has 0 atom stereocenters. The van der Waals surface area contributed by atoms with Crippen molar-refractivity contribution in [2.24, 2.45) is 0 Å². The van der Waals surface area contributed by atoms with Crippen molar-refractivity contribution in [1.82, 2.24) is 0 Å². The third-order valence-electron chi connectivity index (χ3n) is 3.67. The van der Waals surface area contributed by atoms with Crippen LogP contribution in [0.4, 0.5) is 0 Å². The lowest BCUT2D eigenvalue weighted by molar-refractivity contribution is -0.139. The van der Waals surface area contributed by atoms with Crippen LogP contribution >= 0.6 is 35.0 Å². The Balaban J connectivity index is 1.59. The number of halogens is 2. The molecule has 3 rings (SSSR count). The molecular formula is C20H14Cl2O3S. The van der Waals surface area contributed by atoms with Gasteiger partial charge in [-0.2, -0.15) is 0 Å². The van der Waals surface area contributed by atoms with Crippen LogP contribution in [0.1, 0.15) is 10.4 Å². The third-order valence-corrected chi connectivity index (χ3v) is 5.25. The smallest absolute Gasteiger partial charge is 0.316 e. The number of rotatable bonds is 6. The molecule has 0 amide bonds. The highest BCUT2D eigenvalue weighted by molar-refractivity contribution is 8.00. The van der Waals surface area contributed by atoms with Crippen molar-refractivity contribution in [2.45, 2.75) is 4.90 Å². The van der Waals surface area contributed by atoms with Gasteiger partial charge in [-0.05, 0) is 29.7 Å². The number of carbonyl (C=O) groups excluding carboxylic acids is 2. The van der Waals surface area contributed by atoms with Gasteiger partial charge in [0.15, 0.2) is 12.4 Å². The molecule has 0 bridgehead atoms. The van der Waals surface area contributed by atoms with Crippen LogP contribution in [0.2, 0.25) is 10.0 Å². The fourth-order valence-corrected chi connectivity index (χ4v) is 3.89. The molecule has 132 valence electrons. The van der Waals surface area contributed by atoms with Crippen LogP contribution in [0.25, 0.3) is 10.8 Å². The molecule has 0 aliphatic carbocycles. The lowest BCUT2D eigenvalue weighted by Gasteiger charge is -2.08. The first-order chi connectivity index (χ1) is 12.5. The van der Waals surface area contributed by atoms with Crippen LogP contribution in [-0.4, -0.2) is 24.1 Å². The van der Waals surface area contributed by atoms with Crippen molar-refractivity contribution in [3.63, 3.8) is 0 Å². The van der Waals surface area contributed by atoms with Gasteiger partial charge < -0.3 is 4.74 Å². The van der Waals surface area contributed by atoms with Crippen LogP contribution in [0.3, 0.4) is 0 Å². The van der Waals surface area contributed by atoms with Gasteiger partial charge in [-0.25, -0.2) is 0 Å². The predicted molar refractivity (Wildman–Crippen MR) is 106 cm³/mol. The van der Waals surface area contributed by atoms with E-state index >= 15 is 0 Å². The van der Waals surface area contributed by atoms with Crippen molar-refractivity contribution >= 4 is 57.5 Å². The van der Waals surface area contributed by atoms with E-state index in [9.17, 15) is 9.59 Å². The lowest BCUT2D eigenvalue weighted by Crippen LogP contribution is -2.15. The molecule has 0 radical (unpaired) electrons. The first kappa shape index (κ1) is 18.8. The number of carbonyl (C=O) groups is 2. The maximum Gasteiger partial charge on any atom is 0.316 e. The summed E-state index contributed by atoms with van der Waals surface area (Å²) in [6, 6.07) is 18.0. The van der Waals surface area contributed by atoms with Crippen LogP contribution in [-0.2, 0) is 9.53 Å². The molecule has 0 aliphatic heterocycles. The standard InChI is InChI=1S/C20H14Cl2O3S/c21-15-7-1-6-14(10-15)17(23)11-25-19(24)12-26-18-9-3-5-13-4-2-8-16(22)20(13)18/h1-10H,11-12H2. The Morgan fingerprint density at radius 1 is 0.962 bits per heavy atom. The quantitative estimate of drug-likeness (QED) is 0.301. The summed E-state index contributed by atoms with van der Waals surface area (Å²) in [7, 11) is 0. The molecule has 0 fully saturated rings. The van der Waals surface area contributed by atoms with Crippen molar-refractivity contribution in [3.8, 4) is 0 Å². The Hall–Kier alpha value is -2.01. The largest absolute Gasteiger partial charge is 0.457 e. The van der Waals surface area contributed by atoms with Gasteiger partial charge in [0.05, 0.1) is 5.75 Å². The predicted octanol–water partition coefficient (Wildman–Crippen LogP) is 5.66. The van der Waals surface area contributed by atoms with Crippen molar-refractivity contribution in [3.05, 3.63) is 76.3 Å². The van der Waals surface area contributed by atoms with Gasteiger partial charge >= 0.3 is 5.97 Å². The Bertz CT molecular complexity index is 967. The molecule has 0 aromatic heterocycles. The number of Topliss-reactive ketones (excluding diaryl/α,β-unsaturated/α-hetero) is 1. The molecule has 0 heterocycles. The Labute approximate surface area is 165 Å². The number of ether oxygens (including phenoxy) is 1. The minimum atomic E-state index is -0.463. The van der Waals surface area contributed by atoms with E-state index in [4.69, 9.17) is 27.9 Å². The zero-order chi connectivity index (χ0) is 18.5. The summed E-state index contributed by atoms with van der Waals surface area (Å²) < 4.78 is 5.08. The molecule has 0 unspecified atom stereocenters. The van der Waals surface area contributed by atoms with Gasteiger partial charge in [-0.1, -0.05) is 59.6 Å². The van der Waals surface area contributed by atoms with Crippen molar-refractivity contribution < 1.29 is 14.3 Å². The summed E-state index contributed by atoms with van der Waals surface area (Å²) >= 11 is 13.5. The number of thioether (sulfide) groups is 1. The first-order valence-corrected chi connectivity index (χ1v) is 9.53. The van der Waals surface area contributed by atoms with Gasteiger partial charge in [-0.3, -0.25) is 9.59 Å². The second kappa shape index (κ2) is 8.58. The van der Waals surface area contributed by atoms with E-state index in [-0.39, 0.29) is 18.1 Å². The highest BCUT2D eigenvalue weighted by Gasteiger charge is 2.12. The minimum absolute atomic E-state index is 0.0904. The molecule has 6 heteroatoms. The van der Waals surface area contributed by atoms with Crippen LogP contribution < -0.4 is 0 Å². The fourth-order valence-electron chi connectivity index (χ4n) is 2.45. The van der Waals surface area contributed by atoms with Crippen molar-refractivity contribution in [2.75, 3.05) is 12.4 Å². The summed E-state index contributed by atoms with van der Waals surface area (Å²) in [6.07, 6.45) is 0. The summed E-state index contributed by atoms with van der Waals surface area (Å²) in [5.41, 5.74) is 0.416. The maximum absolute atomic E-state index is 12.0. The zero-order valence-corrected chi connectivity index (χ0v) is 15.9. The number of esters is 1. The molecule has 3 aromatic carbocycles. The zero-order valence-electron chi connectivity index (χ0n) is 13.6. The lowest BCUT2D eigenvalue weighted by atomic mass is 10.1. The second-order valence-electron chi connectivity index (χ2n) is 5.48. The topological polar surface area (TPSA) is 43.4 Å². The van der Waals surface area contributed by atoms with Crippen LogP contribution in [0.5, 0.6) is 0 Å². The first-order valence-electron chi connectivity index (χ1n) is 7.79. The van der Waals surface area contributed by atoms with Crippen LogP contribution in [0, 0.1) is 0 Å². The van der Waals surface area contributed by atoms with Crippen LogP contribution in [0.15, 0.2) is 65.6 Å². The molecule has 0 N–H and O–H groups in total. The second-order valence-corrected chi connectivity index (χ2v) is 7.34. The average Bonchev–Trinajstić information content (AvgIpc) is 2.64. The average molecular weight is 405 g/mol. The van der Waals surface area contributed by atoms with E-state index in [1.54, 1.807) is 24.3 Å². The van der Waals surface area contributed by atoms with E-state index in [0.29, 0.717) is 15.6 Å². The molecule has 3 nitrogen and oxygen atoms in total. The normalized spacial score (nSPS) is 10.7. The molecular weight excluding hydrogens is 391 g/mol. The highest BCUT2D eigenvalue weighted by Crippen LogP contribution is 2.33. The minimum Gasteiger partial charge on any atom is -0.457 e. The summed E-state index contributed by atoms with van der Waals surface area (Å²) in [5, 5.41) is 3.01. The monoisotopic (exact) mass is 404 g/mol. The fraction of sp³-hybridized carbons (Fsp3) is 0.100. The van der Waals surface area contributed by atoms with Gasteiger partial charge in [0.1, 0.15) is 0 Å². The molecule has 3 aromatic rings. The van der Waals surface area contributed by atoms with E-state index in [2.05, 4.69) is 0 Å². The Morgan fingerprint density at radius 3 is 2.46 bits per heavy atom.